The smallest absolute Gasteiger partial charge is 0.127 e. The van der Waals surface area contributed by atoms with E-state index in [1.54, 1.807) is 12.1 Å². The lowest BCUT2D eigenvalue weighted by molar-refractivity contribution is 0.0621. The third-order valence-corrected chi connectivity index (χ3v) is 4.51. The van der Waals surface area contributed by atoms with Crippen molar-refractivity contribution in [2.45, 2.75) is 31.8 Å². The molecule has 3 N–H and O–H groups in total. The van der Waals surface area contributed by atoms with Crippen molar-refractivity contribution in [1.82, 2.24) is 4.90 Å². The first-order valence-corrected chi connectivity index (χ1v) is 7.10. The molecule has 3 rings (SSSR count). The highest BCUT2D eigenvalue weighted by Crippen LogP contribution is 2.40. The van der Waals surface area contributed by atoms with Gasteiger partial charge in [0, 0.05) is 24.2 Å². The van der Waals surface area contributed by atoms with Crippen molar-refractivity contribution in [3.05, 3.63) is 23.8 Å². The van der Waals surface area contributed by atoms with Crippen LogP contribution >= 0.6 is 0 Å². The molecule has 0 spiro atoms. The summed E-state index contributed by atoms with van der Waals surface area (Å²) < 4.78 is 5.73. The van der Waals surface area contributed by atoms with Crippen molar-refractivity contribution in [1.29, 1.82) is 0 Å². The van der Waals surface area contributed by atoms with Gasteiger partial charge in [0.1, 0.15) is 18.1 Å². The van der Waals surface area contributed by atoms with Crippen LogP contribution in [0.5, 0.6) is 11.5 Å². The van der Waals surface area contributed by atoms with E-state index in [1.807, 2.05) is 6.07 Å². The summed E-state index contributed by atoms with van der Waals surface area (Å²) in [6.45, 7) is 4.77. The molecule has 1 fully saturated rings. The third-order valence-electron chi connectivity index (χ3n) is 4.51. The second-order valence-electron chi connectivity index (χ2n) is 5.77. The Labute approximate surface area is 114 Å². The molecule has 2 aliphatic rings. The molecular weight excluding hydrogens is 240 g/mol. The van der Waals surface area contributed by atoms with Gasteiger partial charge in [-0.3, -0.25) is 4.90 Å². The van der Waals surface area contributed by atoms with E-state index in [4.69, 9.17) is 10.5 Å². The Hall–Kier alpha value is -1.26. The first-order chi connectivity index (χ1) is 9.19. The molecular formula is C15H22N2O2. The molecule has 0 amide bonds. The molecule has 1 aromatic rings. The van der Waals surface area contributed by atoms with Gasteiger partial charge < -0.3 is 15.6 Å². The van der Waals surface area contributed by atoms with E-state index in [9.17, 15) is 5.11 Å². The van der Waals surface area contributed by atoms with Gasteiger partial charge in [0.15, 0.2) is 0 Å². The molecule has 1 aromatic carbocycles. The van der Waals surface area contributed by atoms with Gasteiger partial charge in [-0.05, 0) is 44.4 Å². The number of likely N-dealkylation sites (tertiary alicyclic amines) is 1. The summed E-state index contributed by atoms with van der Waals surface area (Å²) in [7, 11) is 0. The van der Waals surface area contributed by atoms with Crippen LogP contribution < -0.4 is 10.5 Å². The van der Waals surface area contributed by atoms with Crippen molar-refractivity contribution < 1.29 is 9.84 Å². The topological polar surface area (TPSA) is 58.7 Å². The number of hydrogen-bond acceptors (Lipinski definition) is 4. The molecule has 2 aliphatic heterocycles. The predicted octanol–water partition coefficient (Wildman–Crippen LogP) is 1.88. The zero-order valence-electron chi connectivity index (χ0n) is 11.4. The van der Waals surface area contributed by atoms with Crippen LogP contribution in [0.3, 0.4) is 0 Å². The van der Waals surface area contributed by atoms with E-state index in [0.717, 1.165) is 18.8 Å². The molecule has 1 saturated heterocycles. The number of phenols is 1. The maximum atomic E-state index is 9.51. The summed E-state index contributed by atoms with van der Waals surface area (Å²) in [5, 5.41) is 9.51. The first-order valence-electron chi connectivity index (χ1n) is 7.10. The van der Waals surface area contributed by atoms with Gasteiger partial charge in [-0.1, -0.05) is 0 Å². The molecule has 4 nitrogen and oxygen atoms in total. The number of piperidine rings is 1. The van der Waals surface area contributed by atoms with Gasteiger partial charge >= 0.3 is 0 Å². The van der Waals surface area contributed by atoms with E-state index < -0.39 is 0 Å². The van der Waals surface area contributed by atoms with Crippen LogP contribution in [0.2, 0.25) is 0 Å². The van der Waals surface area contributed by atoms with Crippen LogP contribution in [0.15, 0.2) is 18.2 Å². The number of rotatable bonds is 2. The standard InChI is InChI=1S/C15H22N2O2/c1-10-2-3-11(7-16)8-17(10)14-9-19-15-6-12(18)4-5-13(14)15/h4-6,10-11,14,18H,2-3,7-9,16H2,1H3. The van der Waals surface area contributed by atoms with E-state index >= 15 is 0 Å². The predicted molar refractivity (Wildman–Crippen MR) is 74.3 cm³/mol. The fraction of sp³-hybridized carbons (Fsp3) is 0.600. The largest absolute Gasteiger partial charge is 0.508 e. The molecule has 0 saturated carbocycles. The van der Waals surface area contributed by atoms with E-state index in [-0.39, 0.29) is 5.75 Å². The van der Waals surface area contributed by atoms with Crippen LogP contribution in [0, 0.1) is 5.92 Å². The van der Waals surface area contributed by atoms with Gasteiger partial charge in [0.25, 0.3) is 0 Å². The molecule has 2 heterocycles. The van der Waals surface area contributed by atoms with E-state index in [0.29, 0.717) is 24.6 Å². The lowest BCUT2D eigenvalue weighted by Gasteiger charge is -2.40. The van der Waals surface area contributed by atoms with Crippen molar-refractivity contribution in [3.63, 3.8) is 0 Å². The highest BCUT2D eigenvalue weighted by molar-refractivity contribution is 5.44. The fourth-order valence-corrected chi connectivity index (χ4v) is 3.30. The molecule has 19 heavy (non-hydrogen) atoms. The highest BCUT2D eigenvalue weighted by atomic mass is 16.5. The minimum atomic E-state index is 0.269. The number of phenolic OH excluding ortho intramolecular Hbond substituents is 1. The summed E-state index contributed by atoms with van der Waals surface area (Å²) in [5.74, 6) is 1.69. The Bertz CT molecular complexity index is 463. The van der Waals surface area contributed by atoms with Gasteiger partial charge in [-0.2, -0.15) is 0 Å². The van der Waals surface area contributed by atoms with Crippen LogP contribution in [-0.2, 0) is 0 Å². The number of ether oxygens (including phenoxy) is 1. The summed E-state index contributed by atoms with van der Waals surface area (Å²) in [4.78, 5) is 2.52. The average molecular weight is 262 g/mol. The fourth-order valence-electron chi connectivity index (χ4n) is 3.30. The van der Waals surface area contributed by atoms with Gasteiger partial charge in [0.2, 0.25) is 0 Å². The van der Waals surface area contributed by atoms with E-state index in [2.05, 4.69) is 11.8 Å². The third kappa shape index (κ3) is 2.30. The summed E-state index contributed by atoms with van der Waals surface area (Å²) in [5.41, 5.74) is 7.03. The number of nitrogens with zero attached hydrogens (tertiary/aromatic N) is 1. The molecule has 0 radical (unpaired) electrons. The Morgan fingerprint density at radius 2 is 2.26 bits per heavy atom. The second kappa shape index (κ2) is 5.02. The average Bonchev–Trinajstić information content (AvgIpc) is 2.82. The van der Waals surface area contributed by atoms with Crippen LogP contribution in [0.1, 0.15) is 31.4 Å². The lowest BCUT2D eigenvalue weighted by Crippen LogP contribution is -2.46. The SMILES string of the molecule is CC1CCC(CN)CN1C1COc2cc(O)ccc21. The molecule has 104 valence electrons. The maximum absolute atomic E-state index is 9.51. The Kier molecular flexibility index (Phi) is 3.37. The number of aromatic hydroxyl groups is 1. The molecule has 3 atom stereocenters. The zero-order chi connectivity index (χ0) is 13.4. The Morgan fingerprint density at radius 1 is 1.42 bits per heavy atom. The number of nitrogens with two attached hydrogens (primary N) is 1. The van der Waals surface area contributed by atoms with Gasteiger partial charge in [0.05, 0.1) is 6.04 Å². The quantitative estimate of drug-likeness (QED) is 0.854. The van der Waals surface area contributed by atoms with Crippen LogP contribution in [-0.4, -0.2) is 35.7 Å². The summed E-state index contributed by atoms with van der Waals surface area (Å²) in [6, 6.07) is 6.32. The van der Waals surface area contributed by atoms with Crippen molar-refractivity contribution in [2.75, 3.05) is 19.7 Å². The number of fused-ring (bicyclic) bond motifs is 1. The number of hydrogen-bond donors (Lipinski definition) is 2. The Morgan fingerprint density at radius 3 is 3.05 bits per heavy atom. The van der Waals surface area contributed by atoms with Crippen LogP contribution in [0.25, 0.3) is 0 Å². The zero-order valence-corrected chi connectivity index (χ0v) is 11.4. The summed E-state index contributed by atoms with van der Waals surface area (Å²) in [6.07, 6.45) is 2.43. The molecule has 3 unspecified atom stereocenters. The molecule has 0 aliphatic carbocycles. The minimum Gasteiger partial charge on any atom is -0.508 e. The maximum Gasteiger partial charge on any atom is 0.127 e. The normalized spacial score (nSPS) is 30.9. The monoisotopic (exact) mass is 262 g/mol. The molecule has 4 heteroatoms. The van der Waals surface area contributed by atoms with Crippen LogP contribution in [0.4, 0.5) is 0 Å². The molecule has 0 bridgehead atoms. The second-order valence-corrected chi connectivity index (χ2v) is 5.77. The van der Waals surface area contributed by atoms with Crippen molar-refractivity contribution in [2.24, 2.45) is 11.7 Å². The Balaban J connectivity index is 1.83. The highest BCUT2D eigenvalue weighted by Gasteiger charge is 2.35. The van der Waals surface area contributed by atoms with E-state index in [1.165, 1.54) is 18.4 Å². The van der Waals surface area contributed by atoms with Gasteiger partial charge in [-0.15, -0.1) is 0 Å². The first kappa shape index (κ1) is 12.8. The minimum absolute atomic E-state index is 0.269. The number of benzene rings is 1. The molecule has 0 aromatic heterocycles. The van der Waals surface area contributed by atoms with Gasteiger partial charge in [-0.25, -0.2) is 0 Å². The summed E-state index contributed by atoms with van der Waals surface area (Å²) >= 11 is 0. The lowest BCUT2D eigenvalue weighted by atomic mass is 9.91. The van der Waals surface area contributed by atoms with Crippen molar-refractivity contribution >= 4 is 0 Å². The van der Waals surface area contributed by atoms with Crippen molar-refractivity contribution in [3.8, 4) is 11.5 Å².